The van der Waals surface area contributed by atoms with Crippen molar-refractivity contribution < 1.29 is 14.3 Å². The Morgan fingerprint density at radius 2 is 1.97 bits per heavy atom. The smallest absolute Gasteiger partial charge is 0.235 e. The van der Waals surface area contributed by atoms with Crippen LogP contribution in [0.4, 0.5) is 11.4 Å². The van der Waals surface area contributed by atoms with Crippen LogP contribution in [0.1, 0.15) is 37.7 Å². The number of rotatable bonds is 6. The van der Waals surface area contributed by atoms with Gasteiger partial charge >= 0.3 is 0 Å². The van der Waals surface area contributed by atoms with Crippen LogP contribution in [0.25, 0.3) is 0 Å². The van der Waals surface area contributed by atoms with E-state index in [1.54, 1.807) is 13.2 Å². The molecule has 1 aliphatic carbocycles. The summed E-state index contributed by atoms with van der Waals surface area (Å²) >= 11 is 7.56. The fourth-order valence-corrected chi connectivity index (χ4v) is 5.66. The highest BCUT2D eigenvalue weighted by molar-refractivity contribution is 8.00. The molecule has 1 saturated carbocycles. The monoisotopic (exact) mass is 473 g/mol. The highest BCUT2D eigenvalue weighted by atomic mass is 35.5. The molecule has 1 saturated heterocycles. The predicted molar refractivity (Wildman–Crippen MR) is 129 cm³/mol. The minimum Gasteiger partial charge on any atom is -0.495 e. The number of amides is 1. The summed E-state index contributed by atoms with van der Waals surface area (Å²) in [6, 6.07) is 9.68. The first-order valence-corrected chi connectivity index (χ1v) is 12.3. The Labute approximate surface area is 198 Å². The lowest BCUT2D eigenvalue weighted by molar-refractivity contribution is -0.123. The van der Waals surface area contributed by atoms with Crippen LogP contribution in [-0.4, -0.2) is 44.2 Å². The molecule has 2 heterocycles. The molecule has 1 amide bonds. The van der Waals surface area contributed by atoms with Crippen LogP contribution in [0.2, 0.25) is 5.02 Å². The van der Waals surface area contributed by atoms with Crippen molar-refractivity contribution in [3.05, 3.63) is 40.9 Å². The van der Waals surface area contributed by atoms with E-state index in [-0.39, 0.29) is 12.0 Å². The lowest BCUT2D eigenvalue weighted by Crippen LogP contribution is -2.40. The largest absolute Gasteiger partial charge is 0.495 e. The summed E-state index contributed by atoms with van der Waals surface area (Å²) in [5, 5.41) is 3.77. The maximum Gasteiger partial charge on any atom is 0.235 e. The van der Waals surface area contributed by atoms with Gasteiger partial charge in [-0.05, 0) is 74.5 Å². The molecule has 0 aromatic heterocycles. The fourth-order valence-electron chi connectivity index (χ4n) is 4.78. The number of likely N-dealkylation sites (tertiary alicyclic amines) is 1. The van der Waals surface area contributed by atoms with Gasteiger partial charge in [0.15, 0.2) is 0 Å². The van der Waals surface area contributed by atoms with Gasteiger partial charge in [0.1, 0.15) is 17.6 Å². The quantitative estimate of drug-likeness (QED) is 0.554. The average molecular weight is 474 g/mol. The molecule has 2 aromatic rings. The SMILES string of the molecule is COc1cc(Cl)ccc1SNc1cc(OC2CCN(C)CC2)c2c(c1)C1(CCC1)C(=O)N2. The number of ether oxygens (including phenoxy) is 2. The summed E-state index contributed by atoms with van der Waals surface area (Å²) in [5.74, 6) is 1.59. The van der Waals surface area contributed by atoms with E-state index in [1.807, 2.05) is 18.2 Å². The second-order valence-electron chi connectivity index (χ2n) is 8.91. The Balaban J connectivity index is 1.44. The van der Waals surface area contributed by atoms with Crippen molar-refractivity contribution in [2.45, 2.75) is 48.5 Å². The van der Waals surface area contributed by atoms with E-state index >= 15 is 0 Å². The summed E-state index contributed by atoms with van der Waals surface area (Å²) in [7, 11) is 3.78. The number of carbonyl (C=O) groups excluding carboxylic acids is 1. The second-order valence-corrected chi connectivity index (χ2v) is 10.2. The predicted octanol–water partition coefficient (Wildman–Crippen LogP) is 5.31. The van der Waals surface area contributed by atoms with E-state index in [9.17, 15) is 4.79 Å². The van der Waals surface area contributed by atoms with Crippen molar-refractivity contribution in [1.82, 2.24) is 4.90 Å². The van der Waals surface area contributed by atoms with Crippen LogP contribution in [0, 0.1) is 0 Å². The van der Waals surface area contributed by atoms with Crippen molar-refractivity contribution in [3.63, 3.8) is 0 Å². The zero-order chi connectivity index (χ0) is 22.3. The van der Waals surface area contributed by atoms with Crippen molar-refractivity contribution >= 4 is 40.8 Å². The molecule has 0 bridgehead atoms. The van der Waals surface area contributed by atoms with Crippen LogP contribution < -0.4 is 19.5 Å². The molecule has 2 aliphatic heterocycles. The van der Waals surface area contributed by atoms with E-state index in [1.165, 1.54) is 11.9 Å². The molecular weight excluding hydrogens is 446 g/mol. The first-order valence-electron chi connectivity index (χ1n) is 11.1. The van der Waals surface area contributed by atoms with Crippen molar-refractivity contribution in [3.8, 4) is 11.5 Å². The first kappa shape index (κ1) is 21.7. The third-order valence-corrected chi connectivity index (χ3v) is 7.99. The van der Waals surface area contributed by atoms with Crippen LogP contribution >= 0.6 is 23.5 Å². The Hall–Kier alpha value is -2.09. The van der Waals surface area contributed by atoms with Gasteiger partial charge in [0.2, 0.25) is 5.91 Å². The zero-order valence-electron chi connectivity index (χ0n) is 18.4. The summed E-state index contributed by atoms with van der Waals surface area (Å²) in [6.07, 6.45) is 4.98. The Morgan fingerprint density at radius 1 is 1.19 bits per heavy atom. The molecule has 0 atom stereocenters. The van der Waals surface area contributed by atoms with E-state index in [0.29, 0.717) is 10.8 Å². The van der Waals surface area contributed by atoms with Gasteiger partial charge < -0.3 is 24.4 Å². The zero-order valence-corrected chi connectivity index (χ0v) is 19.9. The Bertz CT molecular complexity index is 1040. The standard InChI is InChI=1S/C24H28ClN3O3S/c1-28-10-6-17(7-11-28)31-20-14-16(27-32-21-5-4-15(25)12-19(21)30-2)13-18-22(20)26-23(29)24(18)8-3-9-24/h4-5,12-14,17,27H,3,6-11H2,1-2H3,(H,26,29). The molecule has 2 aromatic carbocycles. The summed E-state index contributed by atoms with van der Waals surface area (Å²) in [4.78, 5) is 16.2. The number of anilines is 2. The van der Waals surface area contributed by atoms with E-state index in [2.05, 4.69) is 28.1 Å². The molecular formula is C24H28ClN3O3S. The average Bonchev–Trinajstić information content (AvgIpc) is 3.06. The van der Waals surface area contributed by atoms with E-state index in [4.69, 9.17) is 21.1 Å². The molecule has 170 valence electrons. The first-order chi connectivity index (χ1) is 15.5. The topological polar surface area (TPSA) is 62.8 Å². The maximum absolute atomic E-state index is 12.9. The molecule has 32 heavy (non-hydrogen) atoms. The number of nitrogens with zero attached hydrogens (tertiary/aromatic N) is 1. The van der Waals surface area contributed by atoms with Crippen LogP contribution in [0.3, 0.4) is 0 Å². The number of nitrogens with one attached hydrogen (secondary N) is 2. The molecule has 1 spiro atoms. The molecule has 2 fully saturated rings. The van der Waals surface area contributed by atoms with E-state index < -0.39 is 5.41 Å². The molecule has 2 N–H and O–H groups in total. The number of fused-ring (bicyclic) bond motifs is 2. The molecule has 0 radical (unpaired) electrons. The van der Waals surface area contributed by atoms with Crippen LogP contribution in [0.5, 0.6) is 11.5 Å². The van der Waals surface area contributed by atoms with Gasteiger partial charge in [-0.3, -0.25) is 4.79 Å². The van der Waals surface area contributed by atoms with Gasteiger partial charge in [-0.25, -0.2) is 0 Å². The molecule has 6 nitrogen and oxygen atoms in total. The number of hydrogen-bond acceptors (Lipinski definition) is 6. The second kappa shape index (κ2) is 8.69. The third kappa shape index (κ3) is 3.91. The molecule has 0 unspecified atom stereocenters. The Morgan fingerprint density at radius 3 is 2.66 bits per heavy atom. The fraction of sp³-hybridized carbons (Fsp3) is 0.458. The highest BCUT2D eigenvalue weighted by Crippen LogP contribution is 2.55. The van der Waals surface area contributed by atoms with E-state index in [0.717, 1.165) is 72.8 Å². The van der Waals surface area contributed by atoms with Crippen molar-refractivity contribution in [1.29, 1.82) is 0 Å². The van der Waals surface area contributed by atoms with Gasteiger partial charge in [0.05, 0.1) is 23.1 Å². The third-order valence-electron chi connectivity index (χ3n) is 6.86. The number of halogens is 1. The molecule has 5 rings (SSSR count). The molecule has 8 heteroatoms. The summed E-state index contributed by atoms with van der Waals surface area (Å²) in [5.41, 5.74) is 2.43. The summed E-state index contributed by atoms with van der Waals surface area (Å²) in [6.45, 7) is 2.04. The lowest BCUT2D eigenvalue weighted by atomic mass is 9.65. The van der Waals surface area contributed by atoms with Crippen LogP contribution in [-0.2, 0) is 10.2 Å². The van der Waals surface area contributed by atoms with Crippen molar-refractivity contribution in [2.24, 2.45) is 0 Å². The Kier molecular flexibility index (Phi) is 5.90. The minimum absolute atomic E-state index is 0.108. The normalized spacial score (nSPS) is 19.9. The van der Waals surface area contributed by atoms with Gasteiger partial charge in [-0.1, -0.05) is 18.0 Å². The maximum atomic E-state index is 12.9. The highest BCUT2D eigenvalue weighted by Gasteiger charge is 2.52. The van der Waals surface area contributed by atoms with Gasteiger partial charge in [0.25, 0.3) is 0 Å². The lowest BCUT2D eigenvalue weighted by Gasteiger charge is -2.36. The number of piperidine rings is 1. The van der Waals surface area contributed by atoms with Crippen LogP contribution in [0.15, 0.2) is 35.2 Å². The van der Waals surface area contributed by atoms with Crippen molar-refractivity contribution in [2.75, 3.05) is 37.3 Å². The van der Waals surface area contributed by atoms with Gasteiger partial charge in [-0.2, -0.15) is 0 Å². The minimum atomic E-state index is -0.402. The number of benzene rings is 2. The number of methoxy groups -OCH3 is 1. The van der Waals surface area contributed by atoms with Gasteiger partial charge in [0, 0.05) is 29.9 Å². The molecule has 3 aliphatic rings. The van der Waals surface area contributed by atoms with Gasteiger partial charge in [-0.15, -0.1) is 0 Å². The number of hydrogen-bond donors (Lipinski definition) is 2. The number of carbonyl (C=O) groups is 1. The summed E-state index contributed by atoms with van der Waals surface area (Å²) < 4.78 is 15.4.